The van der Waals surface area contributed by atoms with Crippen LogP contribution < -0.4 is 0 Å². The highest BCUT2D eigenvalue weighted by Gasteiger charge is 2.78. The van der Waals surface area contributed by atoms with Crippen LogP contribution in [0.15, 0.2) is 12.3 Å². The first-order chi connectivity index (χ1) is 8.61. The van der Waals surface area contributed by atoms with E-state index in [1.165, 1.54) is 0 Å². The summed E-state index contributed by atoms with van der Waals surface area (Å²) < 4.78 is 83.4. The summed E-state index contributed by atoms with van der Waals surface area (Å²) in [4.78, 5) is 11.2. The van der Waals surface area contributed by atoms with E-state index in [0.29, 0.717) is 6.42 Å². The van der Waals surface area contributed by atoms with Crippen molar-refractivity contribution in [2.45, 2.75) is 37.4 Å². The van der Waals surface area contributed by atoms with Crippen LogP contribution in [-0.2, 0) is 9.53 Å². The van der Waals surface area contributed by atoms with Gasteiger partial charge in [0.15, 0.2) is 0 Å². The number of unbranched alkanes of at least 4 members (excludes halogenated alkanes) is 1. The molecular formula is C10H11F6NO2. The van der Waals surface area contributed by atoms with Crippen LogP contribution in [0.1, 0.15) is 19.8 Å². The monoisotopic (exact) mass is 291 g/mol. The van der Waals surface area contributed by atoms with E-state index >= 15 is 0 Å². The van der Waals surface area contributed by atoms with Crippen LogP contribution in [0.2, 0.25) is 0 Å². The molecule has 1 rings (SSSR count). The van der Waals surface area contributed by atoms with E-state index in [1.807, 2.05) is 0 Å². The second-order valence-electron chi connectivity index (χ2n) is 3.94. The number of carbonyl (C=O) groups excluding carboxylic acids is 1. The van der Waals surface area contributed by atoms with Gasteiger partial charge in [0.25, 0.3) is 0 Å². The van der Waals surface area contributed by atoms with Gasteiger partial charge in [-0.25, -0.2) is 4.79 Å². The van der Waals surface area contributed by atoms with Gasteiger partial charge < -0.3 is 4.74 Å². The zero-order valence-electron chi connectivity index (χ0n) is 9.81. The molecule has 0 N–H and O–H groups in total. The van der Waals surface area contributed by atoms with Crippen LogP contribution in [-0.4, -0.2) is 35.3 Å². The van der Waals surface area contributed by atoms with Gasteiger partial charge in [-0.05, 0) is 6.42 Å². The molecule has 0 amide bonds. The minimum atomic E-state index is -5.59. The first-order valence-electron chi connectivity index (χ1n) is 5.37. The quantitative estimate of drug-likeness (QED) is 0.262. The van der Waals surface area contributed by atoms with Gasteiger partial charge >= 0.3 is 23.6 Å². The lowest BCUT2D eigenvalue weighted by Crippen LogP contribution is -2.67. The van der Waals surface area contributed by atoms with E-state index in [2.05, 4.69) is 4.74 Å². The fourth-order valence-electron chi connectivity index (χ4n) is 1.34. The lowest BCUT2D eigenvalue weighted by molar-refractivity contribution is -0.318. The summed E-state index contributed by atoms with van der Waals surface area (Å²) in [5, 5.41) is -1.40. The zero-order valence-corrected chi connectivity index (χ0v) is 9.81. The van der Waals surface area contributed by atoms with E-state index in [4.69, 9.17) is 0 Å². The first-order valence-corrected chi connectivity index (χ1v) is 5.37. The minimum Gasteiger partial charge on any atom is -0.462 e. The predicted molar refractivity (Wildman–Crippen MR) is 51.7 cm³/mol. The van der Waals surface area contributed by atoms with Crippen molar-refractivity contribution < 1.29 is 36.0 Å². The van der Waals surface area contributed by atoms with Gasteiger partial charge in [-0.3, -0.25) is 0 Å². The molecule has 0 spiro atoms. The molecule has 0 aliphatic carbocycles. The molecule has 1 aliphatic rings. The number of alkyl halides is 5. The third kappa shape index (κ3) is 2.25. The number of hydrogen-bond donors (Lipinski definition) is 0. The molecule has 1 aliphatic heterocycles. The molecule has 1 unspecified atom stereocenters. The average Bonchev–Trinajstić information content (AvgIpc) is 2.33. The summed E-state index contributed by atoms with van der Waals surface area (Å²) in [5.41, 5.74) is 0. The van der Waals surface area contributed by atoms with Crippen LogP contribution >= 0.6 is 0 Å². The Kier molecular flexibility index (Phi) is 4.06. The summed E-state index contributed by atoms with van der Waals surface area (Å²) in [6, 6.07) is 0. The molecule has 0 saturated heterocycles. The van der Waals surface area contributed by atoms with Crippen molar-refractivity contribution in [2.24, 2.45) is 0 Å². The Labute approximate surface area is 104 Å². The van der Waals surface area contributed by atoms with Gasteiger partial charge in [-0.2, -0.15) is 27.1 Å². The maximum absolute atomic E-state index is 13.9. The fourth-order valence-corrected chi connectivity index (χ4v) is 1.34. The number of hydrogen-bond acceptors (Lipinski definition) is 3. The molecule has 19 heavy (non-hydrogen) atoms. The Bertz CT molecular complexity index is 386. The standard InChI is InChI=1S/C10H11F6NO2/c1-2-3-6-19-7(18)9(13)10(14,15)8(11,12)4-5-17(9)16/h4-5H,2-3,6H2,1H3. The van der Waals surface area contributed by atoms with Crippen LogP contribution in [0.5, 0.6) is 0 Å². The van der Waals surface area contributed by atoms with Crippen LogP contribution in [0.25, 0.3) is 0 Å². The Hall–Kier alpha value is -1.41. The number of esters is 1. The highest BCUT2D eigenvalue weighted by Crippen LogP contribution is 2.50. The van der Waals surface area contributed by atoms with Gasteiger partial charge in [-0.15, -0.1) is 0 Å². The first kappa shape index (κ1) is 15.6. The average molecular weight is 291 g/mol. The zero-order chi connectivity index (χ0) is 14.9. The summed E-state index contributed by atoms with van der Waals surface area (Å²) in [7, 11) is 0. The van der Waals surface area contributed by atoms with Crippen LogP contribution in [0, 0.1) is 0 Å². The third-order valence-electron chi connectivity index (χ3n) is 2.55. The molecule has 0 aromatic rings. The van der Waals surface area contributed by atoms with Gasteiger partial charge in [0.2, 0.25) is 0 Å². The lowest BCUT2D eigenvalue weighted by Gasteiger charge is -2.39. The second-order valence-corrected chi connectivity index (χ2v) is 3.94. The smallest absolute Gasteiger partial charge is 0.378 e. The largest absolute Gasteiger partial charge is 0.462 e. The van der Waals surface area contributed by atoms with E-state index in [-0.39, 0.29) is 12.6 Å². The predicted octanol–water partition coefficient (Wildman–Crippen LogP) is 2.98. The summed E-state index contributed by atoms with van der Waals surface area (Å²) in [6.45, 7) is 1.19. The van der Waals surface area contributed by atoms with Crippen molar-refractivity contribution >= 4 is 5.97 Å². The molecule has 0 bridgehead atoms. The van der Waals surface area contributed by atoms with Gasteiger partial charge in [0.1, 0.15) is 0 Å². The molecule has 3 nitrogen and oxygen atoms in total. The van der Waals surface area contributed by atoms with Crippen molar-refractivity contribution in [3.8, 4) is 0 Å². The Morgan fingerprint density at radius 1 is 1.26 bits per heavy atom. The van der Waals surface area contributed by atoms with E-state index in [1.54, 1.807) is 6.92 Å². The summed E-state index contributed by atoms with van der Waals surface area (Å²) in [5.74, 6) is -17.9. The third-order valence-corrected chi connectivity index (χ3v) is 2.55. The molecule has 0 radical (unpaired) electrons. The van der Waals surface area contributed by atoms with E-state index in [0.717, 1.165) is 0 Å². The summed E-state index contributed by atoms with van der Waals surface area (Å²) in [6.07, 6.45) is -0.104. The van der Waals surface area contributed by atoms with Crippen LogP contribution in [0.4, 0.5) is 26.4 Å². The Morgan fingerprint density at radius 3 is 2.37 bits per heavy atom. The van der Waals surface area contributed by atoms with Crippen LogP contribution in [0.3, 0.4) is 0 Å². The second kappa shape index (κ2) is 4.93. The summed E-state index contributed by atoms with van der Waals surface area (Å²) >= 11 is 0. The van der Waals surface area contributed by atoms with Crippen molar-refractivity contribution in [2.75, 3.05) is 6.61 Å². The number of allylic oxidation sites excluding steroid dienone is 1. The molecule has 110 valence electrons. The maximum atomic E-state index is 13.9. The Morgan fingerprint density at radius 2 is 1.84 bits per heavy atom. The number of ether oxygens (including phenoxy) is 1. The van der Waals surface area contributed by atoms with Gasteiger partial charge in [0, 0.05) is 12.3 Å². The van der Waals surface area contributed by atoms with Crippen molar-refractivity contribution in [1.29, 1.82) is 0 Å². The molecule has 0 aromatic heterocycles. The normalized spacial score (nSPS) is 28.3. The highest BCUT2D eigenvalue weighted by molar-refractivity contribution is 5.81. The molecule has 0 aromatic carbocycles. The van der Waals surface area contributed by atoms with Gasteiger partial charge in [0.05, 0.1) is 6.61 Å². The highest BCUT2D eigenvalue weighted by atomic mass is 19.3. The van der Waals surface area contributed by atoms with E-state index in [9.17, 15) is 31.2 Å². The molecule has 0 fully saturated rings. The van der Waals surface area contributed by atoms with Crippen molar-refractivity contribution in [1.82, 2.24) is 5.12 Å². The SMILES string of the molecule is CCCCOC(=O)C1(F)N(F)C=CC(F)(F)C1(F)F. The number of halogens is 6. The number of nitrogens with zero attached hydrogens (tertiary/aromatic N) is 1. The fraction of sp³-hybridized carbons (Fsp3) is 0.700. The number of rotatable bonds is 4. The van der Waals surface area contributed by atoms with E-state index < -0.39 is 41.4 Å². The number of carbonyl (C=O) groups is 1. The van der Waals surface area contributed by atoms with Crippen molar-refractivity contribution in [3.05, 3.63) is 12.3 Å². The topological polar surface area (TPSA) is 29.5 Å². The molecule has 1 atom stereocenters. The van der Waals surface area contributed by atoms with Crippen molar-refractivity contribution in [3.63, 3.8) is 0 Å². The Balaban J connectivity index is 3.06. The minimum absolute atomic E-state index is 0.200. The molecular weight excluding hydrogens is 280 g/mol. The molecule has 1 heterocycles. The molecule has 9 heteroatoms. The lowest BCUT2D eigenvalue weighted by atomic mass is 9.97. The maximum Gasteiger partial charge on any atom is 0.378 e. The molecule has 0 saturated carbocycles. The van der Waals surface area contributed by atoms with Gasteiger partial charge in [-0.1, -0.05) is 17.8 Å².